The zero-order valence-corrected chi connectivity index (χ0v) is 22.5. The lowest BCUT2D eigenvalue weighted by Crippen LogP contribution is -2.33. The first-order valence-corrected chi connectivity index (χ1v) is 13.6. The minimum absolute atomic E-state index is 0.107. The molecule has 1 aromatic carbocycles. The van der Waals surface area contributed by atoms with Gasteiger partial charge in [-0.05, 0) is 62.4 Å². The number of carbonyl (C=O) groups is 2. The number of carbonyl (C=O) groups excluding carboxylic acids is 2. The fourth-order valence-corrected chi connectivity index (χ4v) is 5.00. The van der Waals surface area contributed by atoms with Crippen molar-refractivity contribution in [1.29, 1.82) is 0 Å². The summed E-state index contributed by atoms with van der Waals surface area (Å²) in [6.07, 6.45) is 9.81. The summed E-state index contributed by atoms with van der Waals surface area (Å²) in [6.45, 7) is 4.36. The minimum atomic E-state index is -0.352. The second-order valence-corrected chi connectivity index (χ2v) is 10.4. The first-order valence-electron chi connectivity index (χ1n) is 13.6. The van der Waals surface area contributed by atoms with Crippen LogP contribution in [0.2, 0.25) is 0 Å². The monoisotopic (exact) mass is 528 g/mol. The summed E-state index contributed by atoms with van der Waals surface area (Å²) >= 11 is 0. The fraction of sp³-hybridized carbons (Fsp3) is 0.400. The molecule has 2 amide bonds. The summed E-state index contributed by atoms with van der Waals surface area (Å²) in [6, 6.07) is 13.9. The Hall–Kier alpha value is -3.82. The topological polar surface area (TPSA) is 112 Å². The molecule has 1 aliphatic heterocycles. The molecule has 0 spiro atoms. The Morgan fingerprint density at radius 3 is 2.77 bits per heavy atom. The molecule has 2 aliphatic rings. The average molecular weight is 529 g/mol. The Bertz CT molecular complexity index is 1310. The molecule has 204 valence electrons. The highest BCUT2D eigenvalue weighted by Gasteiger charge is 2.26. The molecule has 3 aromatic rings. The largest absolute Gasteiger partial charge is 0.383 e. The number of anilines is 2. The number of hydrogen-bond acceptors (Lipinski definition) is 6. The zero-order chi connectivity index (χ0) is 27.2. The van der Waals surface area contributed by atoms with Gasteiger partial charge in [-0.3, -0.25) is 19.6 Å². The van der Waals surface area contributed by atoms with Crippen LogP contribution in [0.25, 0.3) is 11.1 Å². The van der Waals surface area contributed by atoms with Crippen molar-refractivity contribution in [2.75, 3.05) is 37.4 Å². The fourth-order valence-electron chi connectivity index (χ4n) is 5.00. The molecule has 1 saturated carbocycles. The molecular formula is C30H36N6O3. The van der Waals surface area contributed by atoms with Crippen molar-refractivity contribution in [3.8, 4) is 11.1 Å². The van der Waals surface area contributed by atoms with Gasteiger partial charge in [0.2, 0.25) is 11.8 Å². The van der Waals surface area contributed by atoms with Crippen LogP contribution in [0.4, 0.5) is 11.6 Å². The van der Waals surface area contributed by atoms with Gasteiger partial charge in [-0.2, -0.15) is 5.10 Å². The lowest BCUT2D eigenvalue weighted by Gasteiger charge is -2.21. The number of nitrogens with zero attached hydrogens (tertiary/aromatic N) is 3. The van der Waals surface area contributed by atoms with Gasteiger partial charge in [-0.15, -0.1) is 0 Å². The number of nitrogens with one attached hydrogen (secondary N) is 3. The standard InChI is InChI=1S/C30H36N6O3/c1-20(30(38)33-28-17-26(34-35-28)21-10-11-21)22-6-3-7-23(16-22)24-12-13-27(31-18-24)32-29(37)9-5-15-36-14-4-8-25(36)19-39-2/h3,5-7,9,12-13,16-18,20-21,25H,4,8,10-11,14-15,19H2,1-2H3,(H,31,32,37)(H2,33,34,35,38)/b9-5+. The molecule has 39 heavy (non-hydrogen) atoms. The third-order valence-electron chi connectivity index (χ3n) is 7.46. The van der Waals surface area contributed by atoms with Crippen LogP contribution in [0.1, 0.15) is 55.7 Å². The highest BCUT2D eigenvalue weighted by atomic mass is 16.5. The quantitative estimate of drug-likeness (QED) is 0.311. The number of benzene rings is 1. The maximum atomic E-state index is 12.9. The molecule has 9 heteroatoms. The smallest absolute Gasteiger partial charge is 0.249 e. The number of pyridine rings is 1. The summed E-state index contributed by atoms with van der Waals surface area (Å²) in [5.41, 5.74) is 3.83. The van der Waals surface area contributed by atoms with Crippen LogP contribution in [0, 0.1) is 0 Å². The average Bonchev–Trinajstić information content (AvgIpc) is 3.54. The van der Waals surface area contributed by atoms with Crippen molar-refractivity contribution < 1.29 is 14.3 Å². The third-order valence-corrected chi connectivity index (χ3v) is 7.46. The van der Waals surface area contributed by atoms with Crippen molar-refractivity contribution in [3.63, 3.8) is 0 Å². The summed E-state index contributed by atoms with van der Waals surface area (Å²) in [4.78, 5) is 32.0. The van der Waals surface area contributed by atoms with Gasteiger partial charge in [0.1, 0.15) is 5.82 Å². The van der Waals surface area contributed by atoms with Gasteiger partial charge in [0, 0.05) is 55.2 Å². The molecule has 2 unspecified atom stereocenters. The summed E-state index contributed by atoms with van der Waals surface area (Å²) in [5, 5.41) is 13.0. The Morgan fingerprint density at radius 2 is 2.00 bits per heavy atom. The van der Waals surface area contributed by atoms with Gasteiger partial charge in [0.15, 0.2) is 5.82 Å². The Labute approximate surface area is 229 Å². The molecule has 9 nitrogen and oxygen atoms in total. The van der Waals surface area contributed by atoms with Crippen LogP contribution in [-0.4, -0.2) is 64.7 Å². The van der Waals surface area contributed by atoms with E-state index in [0.717, 1.165) is 54.9 Å². The van der Waals surface area contributed by atoms with Crippen LogP contribution >= 0.6 is 0 Å². The van der Waals surface area contributed by atoms with E-state index in [-0.39, 0.29) is 17.7 Å². The number of methoxy groups -OCH3 is 1. The molecule has 0 radical (unpaired) electrons. The molecular weight excluding hydrogens is 492 g/mol. The third kappa shape index (κ3) is 6.99. The number of hydrogen-bond donors (Lipinski definition) is 3. The van der Waals surface area contributed by atoms with Crippen molar-refractivity contribution in [2.45, 2.75) is 50.5 Å². The lowest BCUT2D eigenvalue weighted by molar-refractivity contribution is -0.117. The summed E-state index contributed by atoms with van der Waals surface area (Å²) in [7, 11) is 1.72. The van der Waals surface area contributed by atoms with Crippen molar-refractivity contribution >= 4 is 23.5 Å². The van der Waals surface area contributed by atoms with E-state index in [1.54, 1.807) is 25.4 Å². The van der Waals surface area contributed by atoms with E-state index >= 15 is 0 Å². The van der Waals surface area contributed by atoms with Gasteiger partial charge < -0.3 is 15.4 Å². The Morgan fingerprint density at radius 1 is 1.13 bits per heavy atom. The van der Waals surface area contributed by atoms with E-state index in [0.29, 0.717) is 23.6 Å². The first kappa shape index (κ1) is 26.8. The summed E-state index contributed by atoms with van der Waals surface area (Å²) < 4.78 is 5.29. The van der Waals surface area contributed by atoms with E-state index < -0.39 is 0 Å². The molecule has 3 heterocycles. The normalized spacial score (nSPS) is 18.4. The molecule has 0 bridgehead atoms. The SMILES string of the molecule is COCC1CCCN1C/C=C/C(=O)Nc1ccc(-c2cccc(C(C)C(=O)Nc3cc(C4CC4)[nH]n3)c2)cn1. The number of aromatic amines is 1. The molecule has 3 N–H and O–H groups in total. The number of ether oxygens (including phenoxy) is 1. The summed E-state index contributed by atoms with van der Waals surface area (Å²) in [5.74, 6) is 0.934. The van der Waals surface area contributed by atoms with Crippen molar-refractivity contribution in [3.05, 3.63) is 72.1 Å². The molecule has 5 rings (SSSR count). The van der Waals surface area contributed by atoms with Gasteiger partial charge in [0.25, 0.3) is 0 Å². The number of amides is 2. The number of aromatic nitrogens is 3. The molecule has 2 atom stereocenters. The van der Waals surface area contributed by atoms with Crippen LogP contribution in [-0.2, 0) is 14.3 Å². The van der Waals surface area contributed by atoms with E-state index in [1.165, 1.54) is 12.8 Å². The van der Waals surface area contributed by atoms with Crippen molar-refractivity contribution in [1.82, 2.24) is 20.1 Å². The lowest BCUT2D eigenvalue weighted by atomic mass is 9.96. The highest BCUT2D eigenvalue weighted by molar-refractivity contribution is 5.98. The first-order chi connectivity index (χ1) is 19.0. The van der Waals surface area contributed by atoms with E-state index in [9.17, 15) is 9.59 Å². The Balaban J connectivity index is 1.15. The van der Waals surface area contributed by atoms with Gasteiger partial charge in [-0.25, -0.2) is 4.98 Å². The second kappa shape index (κ2) is 12.4. The van der Waals surface area contributed by atoms with Gasteiger partial charge in [-0.1, -0.05) is 30.3 Å². The maximum Gasteiger partial charge on any atom is 0.249 e. The highest BCUT2D eigenvalue weighted by Crippen LogP contribution is 2.39. The molecule has 1 aliphatic carbocycles. The van der Waals surface area contributed by atoms with E-state index in [2.05, 4.69) is 30.7 Å². The molecule has 2 aromatic heterocycles. The van der Waals surface area contributed by atoms with Crippen LogP contribution < -0.4 is 10.6 Å². The number of rotatable bonds is 11. The predicted octanol–water partition coefficient (Wildman–Crippen LogP) is 4.70. The number of likely N-dealkylation sites (tertiary alicyclic amines) is 1. The number of H-pyrrole nitrogens is 1. The molecule has 1 saturated heterocycles. The van der Waals surface area contributed by atoms with Crippen LogP contribution in [0.15, 0.2) is 60.8 Å². The van der Waals surface area contributed by atoms with Gasteiger partial charge >= 0.3 is 0 Å². The van der Waals surface area contributed by atoms with Crippen LogP contribution in [0.5, 0.6) is 0 Å². The van der Waals surface area contributed by atoms with Gasteiger partial charge in [0.05, 0.1) is 12.5 Å². The van der Waals surface area contributed by atoms with Crippen LogP contribution in [0.3, 0.4) is 0 Å². The van der Waals surface area contributed by atoms with E-state index in [4.69, 9.17) is 4.74 Å². The Kier molecular flexibility index (Phi) is 8.48. The van der Waals surface area contributed by atoms with E-state index in [1.807, 2.05) is 49.4 Å². The minimum Gasteiger partial charge on any atom is -0.383 e. The predicted molar refractivity (Wildman–Crippen MR) is 152 cm³/mol. The van der Waals surface area contributed by atoms with Crippen molar-refractivity contribution in [2.24, 2.45) is 0 Å². The second-order valence-electron chi connectivity index (χ2n) is 10.4. The zero-order valence-electron chi connectivity index (χ0n) is 22.5. The maximum absolute atomic E-state index is 12.9. The molecule has 2 fully saturated rings.